The average molecular weight is 439 g/mol. The molecule has 1 fully saturated rings. The first-order valence-electron chi connectivity index (χ1n) is 14.2. The molecule has 0 N–H and O–H groups in total. The second-order valence-corrected chi connectivity index (χ2v) is 10.7. The van der Waals surface area contributed by atoms with Crippen LogP contribution in [-0.4, -0.2) is 6.61 Å². The highest BCUT2D eigenvalue weighted by Crippen LogP contribution is 2.41. The number of hydrogen-bond donors (Lipinski definition) is 0. The van der Waals surface area contributed by atoms with Gasteiger partial charge in [0.1, 0.15) is 5.75 Å². The summed E-state index contributed by atoms with van der Waals surface area (Å²) in [6.45, 7) is 5.43. The Morgan fingerprint density at radius 1 is 0.750 bits per heavy atom. The Morgan fingerprint density at radius 2 is 1.50 bits per heavy atom. The van der Waals surface area contributed by atoms with Gasteiger partial charge in [-0.25, -0.2) is 0 Å². The first-order chi connectivity index (χ1) is 15.8. The van der Waals surface area contributed by atoms with E-state index < -0.39 is 0 Å². The van der Waals surface area contributed by atoms with Crippen LogP contribution in [0.5, 0.6) is 5.75 Å². The van der Waals surface area contributed by atoms with E-state index in [1.807, 2.05) is 0 Å². The quantitative estimate of drug-likeness (QED) is 0.207. The Labute approximate surface area is 199 Å². The minimum atomic E-state index is 0.855. The molecule has 2 aliphatic carbocycles. The first-order valence-corrected chi connectivity index (χ1v) is 14.2. The molecule has 1 unspecified atom stereocenters. The summed E-state index contributed by atoms with van der Waals surface area (Å²) in [4.78, 5) is 0. The minimum Gasteiger partial charge on any atom is -0.494 e. The minimum absolute atomic E-state index is 0.855. The van der Waals surface area contributed by atoms with E-state index in [4.69, 9.17) is 4.74 Å². The first kappa shape index (κ1) is 25.4. The van der Waals surface area contributed by atoms with Crippen molar-refractivity contribution >= 4 is 0 Å². The molecule has 0 amide bonds. The topological polar surface area (TPSA) is 9.23 Å². The van der Waals surface area contributed by atoms with E-state index in [1.54, 1.807) is 5.57 Å². The van der Waals surface area contributed by atoms with Crippen LogP contribution in [0.2, 0.25) is 0 Å². The van der Waals surface area contributed by atoms with Crippen molar-refractivity contribution in [2.24, 2.45) is 17.8 Å². The van der Waals surface area contributed by atoms with Crippen LogP contribution in [-0.2, 0) is 6.42 Å². The van der Waals surface area contributed by atoms with Gasteiger partial charge in [0.25, 0.3) is 0 Å². The van der Waals surface area contributed by atoms with Crippen LogP contribution in [0.25, 0.3) is 0 Å². The molecular formula is C31H50O. The van der Waals surface area contributed by atoms with Crippen LogP contribution < -0.4 is 4.74 Å². The van der Waals surface area contributed by atoms with E-state index in [0.29, 0.717) is 0 Å². The third-order valence-corrected chi connectivity index (χ3v) is 8.24. The number of allylic oxidation sites excluding steroid dienone is 2. The van der Waals surface area contributed by atoms with E-state index >= 15 is 0 Å². The SMILES string of the molecule is CCCCCCOc1ccc(CCC2=CCC([C@H]3CC[C@H](CCCCC)CC3)CC2)cc1. The lowest BCUT2D eigenvalue weighted by molar-refractivity contribution is 0.185. The van der Waals surface area contributed by atoms with Crippen molar-refractivity contribution in [3.8, 4) is 5.75 Å². The van der Waals surface area contributed by atoms with Crippen molar-refractivity contribution in [3.05, 3.63) is 41.5 Å². The van der Waals surface area contributed by atoms with E-state index in [2.05, 4.69) is 44.2 Å². The fourth-order valence-electron chi connectivity index (χ4n) is 5.97. The molecule has 0 saturated heterocycles. The van der Waals surface area contributed by atoms with Crippen molar-refractivity contribution in [1.82, 2.24) is 0 Å². The lowest BCUT2D eigenvalue weighted by Gasteiger charge is -2.35. The summed E-state index contributed by atoms with van der Waals surface area (Å²) in [6, 6.07) is 8.87. The third kappa shape index (κ3) is 8.95. The van der Waals surface area contributed by atoms with E-state index in [0.717, 1.165) is 30.1 Å². The standard InChI is InChI=1S/C31H50O/c1-3-5-7-9-25-32-31-23-17-28(18-24-31)12-11-27-15-21-30(22-16-27)29-19-13-26(14-20-29)10-8-6-4-2/h15,17-18,23-24,26,29-30H,3-14,16,19-22,25H2,1-2H3/t26-,29-,30?. The summed E-state index contributed by atoms with van der Waals surface area (Å²) in [6.07, 6.45) is 26.1. The van der Waals surface area contributed by atoms with E-state index in [-0.39, 0.29) is 0 Å². The second-order valence-electron chi connectivity index (χ2n) is 10.7. The predicted molar refractivity (Wildman–Crippen MR) is 139 cm³/mol. The zero-order valence-corrected chi connectivity index (χ0v) is 21.3. The zero-order chi connectivity index (χ0) is 22.4. The molecule has 32 heavy (non-hydrogen) atoms. The maximum absolute atomic E-state index is 5.89. The highest BCUT2D eigenvalue weighted by molar-refractivity contribution is 5.28. The molecule has 0 radical (unpaired) electrons. The van der Waals surface area contributed by atoms with Crippen LogP contribution in [0.1, 0.15) is 122 Å². The Kier molecular flexibility index (Phi) is 11.8. The van der Waals surface area contributed by atoms with Crippen LogP contribution in [0.4, 0.5) is 0 Å². The molecule has 0 aliphatic heterocycles. The van der Waals surface area contributed by atoms with Gasteiger partial charge in [0, 0.05) is 0 Å². The highest BCUT2D eigenvalue weighted by Gasteiger charge is 2.28. The summed E-state index contributed by atoms with van der Waals surface area (Å²) in [5, 5.41) is 0. The second kappa shape index (κ2) is 14.8. The smallest absolute Gasteiger partial charge is 0.119 e. The van der Waals surface area contributed by atoms with Gasteiger partial charge in [-0.2, -0.15) is 0 Å². The molecule has 0 heterocycles. The molecule has 2 aliphatic rings. The van der Waals surface area contributed by atoms with Gasteiger partial charge in [-0.15, -0.1) is 0 Å². The summed E-state index contributed by atoms with van der Waals surface area (Å²) >= 11 is 0. The Morgan fingerprint density at radius 3 is 2.19 bits per heavy atom. The molecule has 180 valence electrons. The zero-order valence-electron chi connectivity index (χ0n) is 21.3. The van der Waals surface area contributed by atoms with Gasteiger partial charge in [0.05, 0.1) is 6.61 Å². The van der Waals surface area contributed by atoms with Crippen LogP contribution in [0.15, 0.2) is 35.9 Å². The van der Waals surface area contributed by atoms with Crippen LogP contribution >= 0.6 is 0 Å². The van der Waals surface area contributed by atoms with E-state index in [1.165, 1.54) is 115 Å². The Bertz CT molecular complexity index is 635. The average Bonchev–Trinajstić information content (AvgIpc) is 2.84. The normalized spacial score (nSPS) is 23.7. The van der Waals surface area contributed by atoms with Gasteiger partial charge in [0.15, 0.2) is 0 Å². The van der Waals surface area contributed by atoms with Crippen LogP contribution in [0, 0.1) is 17.8 Å². The summed E-state index contributed by atoms with van der Waals surface area (Å²) in [5.74, 6) is 4.07. The van der Waals surface area contributed by atoms with Crippen molar-refractivity contribution in [2.45, 2.75) is 123 Å². The van der Waals surface area contributed by atoms with Gasteiger partial charge in [-0.3, -0.25) is 0 Å². The number of ether oxygens (including phenoxy) is 1. The predicted octanol–water partition coefficient (Wildman–Crippen LogP) is 9.69. The molecule has 0 aromatic heterocycles. The molecule has 1 heteroatoms. The summed E-state index contributed by atoms with van der Waals surface area (Å²) < 4.78 is 5.89. The van der Waals surface area contributed by atoms with Crippen molar-refractivity contribution in [2.75, 3.05) is 6.61 Å². The van der Waals surface area contributed by atoms with Crippen molar-refractivity contribution < 1.29 is 4.74 Å². The number of rotatable bonds is 14. The molecule has 3 rings (SSSR count). The third-order valence-electron chi connectivity index (χ3n) is 8.24. The van der Waals surface area contributed by atoms with Gasteiger partial charge in [-0.1, -0.05) is 95.4 Å². The number of aryl methyl sites for hydroxylation is 1. The van der Waals surface area contributed by atoms with Crippen LogP contribution in [0.3, 0.4) is 0 Å². The summed E-state index contributed by atoms with van der Waals surface area (Å²) in [7, 11) is 0. The monoisotopic (exact) mass is 438 g/mol. The molecule has 0 bridgehead atoms. The van der Waals surface area contributed by atoms with Gasteiger partial charge >= 0.3 is 0 Å². The lowest BCUT2D eigenvalue weighted by Crippen LogP contribution is -2.23. The molecule has 1 saturated carbocycles. The largest absolute Gasteiger partial charge is 0.494 e. The molecule has 1 aromatic carbocycles. The lowest BCUT2D eigenvalue weighted by atomic mass is 9.70. The fourth-order valence-corrected chi connectivity index (χ4v) is 5.97. The molecular weight excluding hydrogens is 388 g/mol. The Balaban J connectivity index is 1.31. The van der Waals surface area contributed by atoms with Gasteiger partial charge in [0.2, 0.25) is 0 Å². The van der Waals surface area contributed by atoms with Crippen molar-refractivity contribution in [3.63, 3.8) is 0 Å². The number of unbranched alkanes of at least 4 members (excludes halogenated alkanes) is 5. The molecule has 1 nitrogen and oxygen atoms in total. The Hall–Kier alpha value is -1.24. The fraction of sp³-hybridized carbons (Fsp3) is 0.742. The van der Waals surface area contributed by atoms with Gasteiger partial charge in [-0.05, 0) is 86.8 Å². The maximum atomic E-state index is 5.89. The molecule has 1 atom stereocenters. The summed E-state index contributed by atoms with van der Waals surface area (Å²) in [5.41, 5.74) is 3.17. The number of benzene rings is 1. The van der Waals surface area contributed by atoms with E-state index in [9.17, 15) is 0 Å². The van der Waals surface area contributed by atoms with Gasteiger partial charge < -0.3 is 4.74 Å². The molecule has 1 aromatic rings. The highest BCUT2D eigenvalue weighted by atomic mass is 16.5. The molecule has 0 spiro atoms. The number of hydrogen-bond acceptors (Lipinski definition) is 1. The van der Waals surface area contributed by atoms with Crippen molar-refractivity contribution in [1.29, 1.82) is 0 Å². The maximum Gasteiger partial charge on any atom is 0.119 e.